The Labute approximate surface area is 76.8 Å². The van der Waals surface area contributed by atoms with Gasteiger partial charge in [-0.3, -0.25) is 14.5 Å². The van der Waals surface area contributed by atoms with Crippen molar-refractivity contribution in [1.82, 2.24) is 4.90 Å². The maximum absolute atomic E-state index is 10.9. The number of hydrogen-bond acceptors (Lipinski definition) is 4. The minimum absolute atomic E-state index is 0.280. The van der Waals surface area contributed by atoms with Crippen molar-refractivity contribution >= 4 is 11.9 Å². The molecule has 0 spiro atoms. The first-order chi connectivity index (χ1) is 6.24. The smallest absolute Gasteiger partial charge is 0.327 e. The SMILES string of the molecule is O=C1CN(CC2CCC2)CC(=O)O1. The summed E-state index contributed by atoms with van der Waals surface area (Å²) in [6.07, 6.45) is 3.76. The zero-order chi connectivity index (χ0) is 9.26. The largest absolute Gasteiger partial charge is 0.391 e. The average Bonchev–Trinajstić information content (AvgIpc) is 1.95. The van der Waals surface area contributed by atoms with Crippen molar-refractivity contribution in [3.63, 3.8) is 0 Å². The summed E-state index contributed by atoms with van der Waals surface area (Å²) in [6, 6.07) is 0. The quantitative estimate of drug-likeness (QED) is 0.452. The molecular weight excluding hydrogens is 170 g/mol. The molecule has 13 heavy (non-hydrogen) atoms. The molecule has 0 aromatic rings. The number of ether oxygens (including phenoxy) is 1. The molecule has 72 valence electrons. The molecule has 0 N–H and O–H groups in total. The summed E-state index contributed by atoms with van der Waals surface area (Å²) in [5.41, 5.74) is 0. The monoisotopic (exact) mass is 183 g/mol. The highest BCUT2D eigenvalue weighted by Gasteiger charge is 2.28. The lowest BCUT2D eigenvalue weighted by Crippen LogP contribution is -2.45. The maximum Gasteiger partial charge on any atom is 0.327 e. The Kier molecular flexibility index (Phi) is 2.31. The molecule has 2 rings (SSSR count). The molecule has 4 heteroatoms. The Hall–Kier alpha value is -0.900. The summed E-state index contributed by atoms with van der Waals surface area (Å²) in [4.78, 5) is 23.7. The number of morpholine rings is 1. The predicted molar refractivity (Wildman–Crippen MR) is 44.9 cm³/mol. The number of esters is 2. The highest BCUT2D eigenvalue weighted by molar-refractivity contribution is 5.90. The van der Waals surface area contributed by atoms with Crippen molar-refractivity contribution < 1.29 is 14.3 Å². The second-order valence-corrected chi connectivity index (χ2v) is 3.81. The van der Waals surface area contributed by atoms with Crippen molar-refractivity contribution in [1.29, 1.82) is 0 Å². The lowest BCUT2D eigenvalue weighted by Gasteiger charge is -2.32. The number of nitrogens with zero attached hydrogens (tertiary/aromatic N) is 1. The van der Waals surface area contributed by atoms with E-state index in [1.807, 2.05) is 4.90 Å². The van der Waals surface area contributed by atoms with Crippen LogP contribution in [0.15, 0.2) is 0 Å². The zero-order valence-electron chi connectivity index (χ0n) is 7.49. The standard InChI is InChI=1S/C9H13NO3/c11-8-5-10(6-9(12)13-8)4-7-2-1-3-7/h7H,1-6H2. The first-order valence-electron chi connectivity index (χ1n) is 4.70. The van der Waals surface area contributed by atoms with Crippen molar-refractivity contribution in [2.24, 2.45) is 5.92 Å². The molecule has 0 bridgehead atoms. The topological polar surface area (TPSA) is 46.6 Å². The minimum atomic E-state index is -0.407. The van der Waals surface area contributed by atoms with Crippen molar-refractivity contribution in [3.05, 3.63) is 0 Å². The fraction of sp³-hybridized carbons (Fsp3) is 0.778. The number of carbonyl (C=O) groups is 2. The molecule has 0 aromatic heterocycles. The molecule has 0 atom stereocenters. The molecule has 0 amide bonds. The van der Waals surface area contributed by atoms with Crippen LogP contribution in [0.4, 0.5) is 0 Å². The highest BCUT2D eigenvalue weighted by Crippen LogP contribution is 2.27. The van der Waals surface area contributed by atoms with E-state index in [1.54, 1.807) is 0 Å². The number of carbonyl (C=O) groups excluding carboxylic acids is 2. The lowest BCUT2D eigenvalue weighted by molar-refractivity contribution is -0.167. The highest BCUT2D eigenvalue weighted by atomic mass is 16.6. The Bertz CT molecular complexity index is 219. The summed E-state index contributed by atoms with van der Waals surface area (Å²) >= 11 is 0. The molecule has 0 radical (unpaired) electrons. The van der Waals surface area contributed by atoms with E-state index in [0.717, 1.165) is 6.54 Å². The van der Waals surface area contributed by atoms with Gasteiger partial charge < -0.3 is 4.74 Å². The number of cyclic esters (lactones) is 2. The molecule has 1 aliphatic heterocycles. The third kappa shape index (κ3) is 2.06. The molecule has 2 aliphatic rings. The van der Waals surface area contributed by atoms with Gasteiger partial charge in [0.05, 0.1) is 13.1 Å². The second-order valence-electron chi connectivity index (χ2n) is 3.81. The van der Waals surface area contributed by atoms with Gasteiger partial charge in [-0.15, -0.1) is 0 Å². The van der Waals surface area contributed by atoms with E-state index in [9.17, 15) is 9.59 Å². The van der Waals surface area contributed by atoms with E-state index in [1.165, 1.54) is 19.3 Å². The molecule has 0 unspecified atom stereocenters. The van der Waals surface area contributed by atoms with Crippen LogP contribution in [0.5, 0.6) is 0 Å². The summed E-state index contributed by atoms with van der Waals surface area (Å²) < 4.78 is 4.43. The van der Waals surface area contributed by atoms with Crippen LogP contribution in [0.1, 0.15) is 19.3 Å². The Morgan fingerprint density at radius 2 is 1.85 bits per heavy atom. The summed E-state index contributed by atoms with van der Waals surface area (Å²) in [6.45, 7) is 1.44. The second kappa shape index (κ2) is 3.46. The van der Waals surface area contributed by atoms with E-state index in [4.69, 9.17) is 0 Å². The van der Waals surface area contributed by atoms with Gasteiger partial charge >= 0.3 is 11.9 Å². The summed E-state index contributed by atoms with van der Waals surface area (Å²) in [7, 11) is 0. The van der Waals surface area contributed by atoms with Gasteiger partial charge in [-0.1, -0.05) is 6.42 Å². The molecule has 4 nitrogen and oxygen atoms in total. The van der Waals surface area contributed by atoms with Crippen LogP contribution in [0.3, 0.4) is 0 Å². The van der Waals surface area contributed by atoms with E-state index < -0.39 is 11.9 Å². The van der Waals surface area contributed by atoms with Crippen molar-refractivity contribution in [3.8, 4) is 0 Å². The van der Waals surface area contributed by atoms with Gasteiger partial charge in [-0.2, -0.15) is 0 Å². The van der Waals surface area contributed by atoms with Crippen LogP contribution >= 0.6 is 0 Å². The van der Waals surface area contributed by atoms with Gasteiger partial charge in [-0.05, 0) is 18.8 Å². The molecule has 2 fully saturated rings. The predicted octanol–water partition coefficient (Wildman–Crippen LogP) is 0.172. The third-order valence-electron chi connectivity index (χ3n) is 2.67. The van der Waals surface area contributed by atoms with Gasteiger partial charge in [0.25, 0.3) is 0 Å². The van der Waals surface area contributed by atoms with Crippen LogP contribution in [0, 0.1) is 5.92 Å². The van der Waals surface area contributed by atoms with Crippen LogP contribution in [0.2, 0.25) is 0 Å². The van der Waals surface area contributed by atoms with E-state index in [2.05, 4.69) is 4.74 Å². The summed E-state index contributed by atoms with van der Waals surface area (Å²) in [5, 5.41) is 0. The molecular formula is C9H13NO3. The normalized spacial score (nSPS) is 25.5. The molecule has 1 saturated heterocycles. The Balaban J connectivity index is 1.83. The van der Waals surface area contributed by atoms with E-state index in [-0.39, 0.29) is 13.1 Å². The third-order valence-corrected chi connectivity index (χ3v) is 2.67. The Morgan fingerprint density at radius 1 is 1.23 bits per heavy atom. The van der Waals surface area contributed by atoms with Crippen LogP contribution in [-0.4, -0.2) is 36.5 Å². The molecule has 1 saturated carbocycles. The van der Waals surface area contributed by atoms with Gasteiger partial charge in [0.1, 0.15) is 0 Å². The number of rotatable bonds is 2. The summed E-state index contributed by atoms with van der Waals surface area (Å²) in [5.74, 6) is -0.121. The van der Waals surface area contributed by atoms with Crippen LogP contribution < -0.4 is 0 Å². The lowest BCUT2D eigenvalue weighted by atomic mass is 9.85. The fourth-order valence-corrected chi connectivity index (χ4v) is 1.78. The minimum Gasteiger partial charge on any atom is -0.391 e. The first kappa shape index (κ1) is 8.69. The van der Waals surface area contributed by atoms with Crippen LogP contribution in [0.25, 0.3) is 0 Å². The van der Waals surface area contributed by atoms with Gasteiger partial charge in [-0.25, -0.2) is 0 Å². The molecule has 1 aliphatic carbocycles. The first-order valence-corrected chi connectivity index (χ1v) is 4.70. The van der Waals surface area contributed by atoms with Gasteiger partial charge in [0.2, 0.25) is 0 Å². The maximum atomic E-state index is 10.9. The van der Waals surface area contributed by atoms with Crippen molar-refractivity contribution in [2.75, 3.05) is 19.6 Å². The number of hydrogen-bond donors (Lipinski definition) is 0. The molecule has 0 aromatic carbocycles. The van der Waals surface area contributed by atoms with Gasteiger partial charge in [0, 0.05) is 6.54 Å². The fourth-order valence-electron chi connectivity index (χ4n) is 1.78. The van der Waals surface area contributed by atoms with Crippen molar-refractivity contribution in [2.45, 2.75) is 19.3 Å². The zero-order valence-corrected chi connectivity index (χ0v) is 7.49. The van der Waals surface area contributed by atoms with E-state index in [0.29, 0.717) is 5.92 Å². The average molecular weight is 183 g/mol. The molecule has 1 heterocycles. The Morgan fingerprint density at radius 3 is 2.31 bits per heavy atom. The van der Waals surface area contributed by atoms with Gasteiger partial charge in [0.15, 0.2) is 0 Å². The van der Waals surface area contributed by atoms with Crippen LogP contribution in [-0.2, 0) is 14.3 Å². The van der Waals surface area contributed by atoms with E-state index >= 15 is 0 Å².